The number of rotatable bonds is 4. The van der Waals surface area contributed by atoms with Crippen LogP contribution in [0.1, 0.15) is 11.1 Å². The third-order valence-electron chi connectivity index (χ3n) is 3.61. The van der Waals surface area contributed by atoms with E-state index in [1.165, 1.54) is 11.8 Å². The highest BCUT2D eigenvalue weighted by Crippen LogP contribution is 2.26. The van der Waals surface area contributed by atoms with Gasteiger partial charge in [-0.2, -0.15) is 5.10 Å². The van der Waals surface area contributed by atoms with E-state index in [0.717, 1.165) is 16.8 Å². The van der Waals surface area contributed by atoms with E-state index in [0.29, 0.717) is 15.1 Å². The fraction of sp³-hybridized carbons (Fsp3) is 0.105. The molecule has 1 amide bonds. The number of nitrogens with one attached hydrogen (secondary N) is 1. The van der Waals surface area contributed by atoms with Gasteiger partial charge < -0.3 is 4.90 Å². The van der Waals surface area contributed by atoms with Crippen molar-refractivity contribution in [2.45, 2.75) is 0 Å². The number of amidine groups is 1. The molecule has 0 atom stereocenters. The summed E-state index contributed by atoms with van der Waals surface area (Å²) in [4.78, 5) is 14.7. The minimum atomic E-state index is -0.182. The molecule has 0 unspecified atom stereocenters. The summed E-state index contributed by atoms with van der Waals surface area (Å²) in [5.41, 5.74) is 2.82. The molecule has 0 saturated carbocycles. The first-order valence-corrected chi connectivity index (χ1v) is 9.06. The molecule has 0 aliphatic carbocycles. The van der Waals surface area contributed by atoms with Crippen LogP contribution in [0.3, 0.4) is 0 Å². The van der Waals surface area contributed by atoms with Gasteiger partial charge >= 0.3 is 0 Å². The first-order chi connectivity index (χ1) is 12.5. The Morgan fingerprint density at radius 2 is 1.85 bits per heavy atom. The minimum Gasteiger partial charge on any atom is -0.378 e. The number of carbonyl (C=O) groups is 1. The topological polar surface area (TPSA) is 57.1 Å². The third-order valence-corrected chi connectivity index (χ3v) is 4.85. The lowest BCUT2D eigenvalue weighted by Gasteiger charge is -2.11. The van der Waals surface area contributed by atoms with E-state index in [2.05, 4.69) is 15.5 Å². The Kier molecular flexibility index (Phi) is 5.75. The second-order valence-electron chi connectivity index (χ2n) is 5.72. The van der Waals surface area contributed by atoms with Crippen molar-refractivity contribution in [1.82, 2.24) is 5.32 Å². The van der Waals surface area contributed by atoms with E-state index in [-0.39, 0.29) is 5.91 Å². The van der Waals surface area contributed by atoms with Crippen LogP contribution in [-0.2, 0) is 4.79 Å². The summed E-state index contributed by atoms with van der Waals surface area (Å²) < 4.78 is 0. The van der Waals surface area contributed by atoms with Crippen molar-refractivity contribution >= 4 is 52.4 Å². The lowest BCUT2D eigenvalue weighted by molar-refractivity contribution is -0.115. The second-order valence-corrected chi connectivity index (χ2v) is 7.16. The maximum Gasteiger partial charge on any atom is 0.264 e. The number of amides is 1. The summed E-state index contributed by atoms with van der Waals surface area (Å²) in [7, 11) is 3.97. The monoisotopic (exact) mass is 384 g/mol. The summed E-state index contributed by atoms with van der Waals surface area (Å²) in [6, 6.07) is 15.3. The molecule has 0 radical (unpaired) electrons. The zero-order valence-corrected chi connectivity index (χ0v) is 15.9. The van der Waals surface area contributed by atoms with E-state index in [1.54, 1.807) is 12.3 Å². The number of halogens is 1. The Morgan fingerprint density at radius 3 is 2.54 bits per heavy atom. The minimum absolute atomic E-state index is 0.182. The summed E-state index contributed by atoms with van der Waals surface area (Å²) in [5, 5.41) is 11.8. The predicted octanol–water partition coefficient (Wildman–Crippen LogP) is 4.00. The standard InChI is InChI=1S/C19H17ClN4OS/c1-24(2)15-9-7-13(8-10-15)11-17-18(25)22-19(26-17)23-21-12-14-5-3-4-6-16(14)20/h3-12H,1-2H3,(H,22,23,25)/b17-11+,21-12+. The normalized spacial score (nSPS) is 17.3. The van der Waals surface area contributed by atoms with Crippen molar-refractivity contribution in [1.29, 1.82) is 0 Å². The van der Waals surface area contributed by atoms with Gasteiger partial charge in [0.1, 0.15) is 0 Å². The summed E-state index contributed by atoms with van der Waals surface area (Å²) >= 11 is 7.32. The van der Waals surface area contributed by atoms with Gasteiger partial charge in [0.05, 0.1) is 11.1 Å². The van der Waals surface area contributed by atoms with Crippen molar-refractivity contribution < 1.29 is 4.79 Å². The summed E-state index contributed by atoms with van der Waals surface area (Å²) in [5.74, 6) is -0.182. The van der Waals surface area contributed by atoms with E-state index in [4.69, 9.17) is 11.6 Å². The molecule has 132 valence electrons. The molecule has 26 heavy (non-hydrogen) atoms. The molecule has 1 fully saturated rings. The number of hydrogen-bond donors (Lipinski definition) is 1. The molecular formula is C19H17ClN4OS. The van der Waals surface area contributed by atoms with Gasteiger partial charge in [-0.3, -0.25) is 10.1 Å². The van der Waals surface area contributed by atoms with Crippen LogP contribution in [0.4, 0.5) is 5.69 Å². The van der Waals surface area contributed by atoms with Gasteiger partial charge in [-0.15, -0.1) is 5.10 Å². The van der Waals surface area contributed by atoms with Gasteiger partial charge in [-0.25, -0.2) is 0 Å². The quantitative estimate of drug-likeness (QED) is 0.492. The lowest BCUT2D eigenvalue weighted by Crippen LogP contribution is -2.19. The second kappa shape index (κ2) is 8.21. The number of anilines is 1. The number of hydrogen-bond acceptors (Lipinski definition) is 5. The zero-order valence-electron chi connectivity index (χ0n) is 14.3. The van der Waals surface area contributed by atoms with Crippen LogP contribution >= 0.6 is 23.4 Å². The summed E-state index contributed by atoms with van der Waals surface area (Å²) in [6.07, 6.45) is 3.39. The van der Waals surface area contributed by atoms with Crippen LogP contribution in [0.15, 0.2) is 63.6 Å². The Labute approximate surface area is 161 Å². The number of nitrogens with zero attached hydrogens (tertiary/aromatic N) is 3. The molecule has 2 aromatic rings. The van der Waals surface area contributed by atoms with Crippen LogP contribution in [0, 0.1) is 0 Å². The zero-order chi connectivity index (χ0) is 18.5. The Bertz CT molecular complexity index is 904. The molecule has 2 aromatic carbocycles. The Hall–Kier alpha value is -2.57. The highest BCUT2D eigenvalue weighted by molar-refractivity contribution is 8.18. The largest absolute Gasteiger partial charge is 0.378 e. The van der Waals surface area contributed by atoms with Crippen molar-refractivity contribution in [3.8, 4) is 0 Å². The SMILES string of the molecule is CN(C)c1ccc(/C=C2/S/C(=N/N=C/c3ccccc3Cl)NC2=O)cc1. The molecular weight excluding hydrogens is 368 g/mol. The van der Waals surface area contributed by atoms with Gasteiger partial charge in [0.15, 0.2) is 5.17 Å². The number of benzene rings is 2. The molecule has 1 aliphatic rings. The average Bonchev–Trinajstić information content (AvgIpc) is 2.96. The van der Waals surface area contributed by atoms with Crippen molar-refractivity contribution in [3.05, 3.63) is 69.6 Å². The van der Waals surface area contributed by atoms with Gasteiger partial charge in [-0.05, 0) is 41.6 Å². The van der Waals surface area contributed by atoms with Gasteiger partial charge in [0, 0.05) is 30.4 Å². The molecule has 1 heterocycles. The molecule has 0 bridgehead atoms. The van der Waals surface area contributed by atoms with Crippen molar-refractivity contribution in [3.63, 3.8) is 0 Å². The fourth-order valence-electron chi connectivity index (χ4n) is 2.22. The predicted molar refractivity (Wildman–Crippen MR) is 111 cm³/mol. The first kappa shape index (κ1) is 18.2. The van der Waals surface area contributed by atoms with Crippen LogP contribution in [0.2, 0.25) is 5.02 Å². The van der Waals surface area contributed by atoms with Crippen LogP contribution < -0.4 is 10.2 Å². The van der Waals surface area contributed by atoms with E-state index >= 15 is 0 Å². The molecule has 1 aliphatic heterocycles. The maximum atomic E-state index is 12.1. The van der Waals surface area contributed by atoms with E-state index in [9.17, 15) is 4.79 Å². The molecule has 0 spiro atoms. The first-order valence-electron chi connectivity index (χ1n) is 7.87. The van der Waals surface area contributed by atoms with Crippen molar-refractivity contribution in [2.75, 3.05) is 19.0 Å². The van der Waals surface area contributed by atoms with E-state index in [1.807, 2.05) is 67.5 Å². The Balaban J connectivity index is 1.71. The maximum absolute atomic E-state index is 12.1. The number of thioether (sulfide) groups is 1. The van der Waals surface area contributed by atoms with Gasteiger partial charge in [-0.1, -0.05) is 41.9 Å². The van der Waals surface area contributed by atoms with Crippen LogP contribution in [-0.4, -0.2) is 31.4 Å². The highest BCUT2D eigenvalue weighted by atomic mass is 35.5. The molecule has 7 heteroatoms. The number of carbonyl (C=O) groups excluding carboxylic acids is 1. The van der Waals surface area contributed by atoms with Crippen molar-refractivity contribution in [2.24, 2.45) is 10.2 Å². The third kappa shape index (κ3) is 4.53. The van der Waals surface area contributed by atoms with Gasteiger partial charge in [0.25, 0.3) is 5.91 Å². The van der Waals surface area contributed by atoms with Crippen LogP contribution in [0.5, 0.6) is 0 Å². The van der Waals surface area contributed by atoms with Crippen LogP contribution in [0.25, 0.3) is 6.08 Å². The molecule has 3 rings (SSSR count). The lowest BCUT2D eigenvalue weighted by atomic mass is 10.2. The van der Waals surface area contributed by atoms with E-state index < -0.39 is 0 Å². The summed E-state index contributed by atoms with van der Waals surface area (Å²) in [6.45, 7) is 0. The Morgan fingerprint density at radius 1 is 1.12 bits per heavy atom. The molecule has 0 aromatic heterocycles. The fourth-order valence-corrected chi connectivity index (χ4v) is 3.18. The van der Waals surface area contributed by atoms with Gasteiger partial charge in [0.2, 0.25) is 0 Å². The highest BCUT2D eigenvalue weighted by Gasteiger charge is 2.23. The smallest absolute Gasteiger partial charge is 0.264 e. The molecule has 1 N–H and O–H groups in total. The average molecular weight is 385 g/mol. The molecule has 5 nitrogen and oxygen atoms in total. The molecule has 1 saturated heterocycles.